The second kappa shape index (κ2) is 8.59. The molecule has 0 aliphatic carbocycles. The molecular weight excluding hydrogens is 280 g/mol. The highest BCUT2D eigenvalue weighted by Gasteiger charge is 2.28. The van der Waals surface area contributed by atoms with E-state index in [-0.39, 0.29) is 11.9 Å². The van der Waals surface area contributed by atoms with E-state index in [1.165, 1.54) is 6.26 Å². The first-order valence-corrected chi connectivity index (χ1v) is 9.11. The summed E-state index contributed by atoms with van der Waals surface area (Å²) >= 11 is 0. The van der Waals surface area contributed by atoms with Crippen LogP contribution in [0.1, 0.15) is 39.0 Å². The van der Waals surface area contributed by atoms with E-state index in [0.717, 1.165) is 19.3 Å². The predicted octanol–water partition coefficient (Wildman–Crippen LogP) is 0.733. The van der Waals surface area contributed by atoms with Crippen molar-refractivity contribution < 1.29 is 17.9 Å². The molecule has 0 radical (unpaired) electrons. The number of ether oxygens (including phenoxy) is 1. The van der Waals surface area contributed by atoms with Crippen LogP contribution in [0.25, 0.3) is 0 Å². The van der Waals surface area contributed by atoms with Crippen molar-refractivity contribution in [2.24, 2.45) is 0 Å². The molecular formula is C13H26N2O4S. The number of amides is 1. The second-order valence-corrected chi connectivity index (χ2v) is 7.04. The van der Waals surface area contributed by atoms with Crippen molar-refractivity contribution >= 4 is 15.9 Å². The zero-order valence-corrected chi connectivity index (χ0v) is 13.2. The van der Waals surface area contributed by atoms with E-state index in [1.54, 1.807) is 4.31 Å². The van der Waals surface area contributed by atoms with Crippen LogP contribution in [0.15, 0.2) is 0 Å². The van der Waals surface area contributed by atoms with Crippen LogP contribution in [0.5, 0.6) is 0 Å². The first-order chi connectivity index (χ1) is 9.45. The third-order valence-corrected chi connectivity index (χ3v) is 4.81. The topological polar surface area (TPSA) is 75.7 Å². The first kappa shape index (κ1) is 17.4. The molecule has 0 spiro atoms. The largest absolute Gasteiger partial charge is 0.381 e. The van der Waals surface area contributed by atoms with Gasteiger partial charge in [-0.1, -0.05) is 6.42 Å². The Hall–Kier alpha value is -0.660. The summed E-state index contributed by atoms with van der Waals surface area (Å²) in [6, 6.07) is 0.0194. The molecule has 118 valence electrons. The van der Waals surface area contributed by atoms with E-state index in [1.807, 2.05) is 6.92 Å². The van der Waals surface area contributed by atoms with Crippen LogP contribution < -0.4 is 5.32 Å². The lowest BCUT2D eigenvalue weighted by Gasteiger charge is -2.33. The Morgan fingerprint density at radius 1 is 1.40 bits per heavy atom. The third-order valence-electron chi connectivity index (χ3n) is 3.48. The number of sulfonamides is 1. The molecule has 1 saturated heterocycles. The molecule has 1 aliphatic heterocycles. The van der Waals surface area contributed by atoms with Crippen LogP contribution in [0.2, 0.25) is 0 Å². The molecule has 6 nitrogen and oxygen atoms in total. The Bertz CT molecular complexity index is 397. The molecule has 0 aromatic heterocycles. The first-order valence-electron chi connectivity index (χ1n) is 7.26. The second-order valence-electron chi connectivity index (χ2n) is 5.11. The number of carbonyl (C=O) groups excluding carboxylic acids is 1. The van der Waals surface area contributed by atoms with E-state index in [4.69, 9.17) is 4.74 Å². The summed E-state index contributed by atoms with van der Waals surface area (Å²) in [5, 5.41) is 2.82. The summed E-state index contributed by atoms with van der Waals surface area (Å²) in [5.74, 6) is -0.0415. The van der Waals surface area contributed by atoms with Crippen molar-refractivity contribution in [3.63, 3.8) is 0 Å². The molecule has 1 rings (SSSR count). The van der Waals surface area contributed by atoms with Crippen molar-refractivity contribution in [1.82, 2.24) is 9.62 Å². The number of piperidine rings is 1. The Kier molecular flexibility index (Phi) is 7.47. The Labute approximate surface area is 121 Å². The molecule has 0 aromatic carbocycles. The van der Waals surface area contributed by atoms with E-state index in [0.29, 0.717) is 39.1 Å². The maximum atomic E-state index is 11.7. The molecule has 7 heteroatoms. The average Bonchev–Trinajstić information content (AvgIpc) is 2.38. The molecule has 0 saturated carbocycles. The van der Waals surface area contributed by atoms with Gasteiger partial charge in [0.15, 0.2) is 0 Å². The van der Waals surface area contributed by atoms with E-state index >= 15 is 0 Å². The zero-order valence-electron chi connectivity index (χ0n) is 12.4. The summed E-state index contributed by atoms with van der Waals surface area (Å²) in [6.45, 7) is 4.05. The summed E-state index contributed by atoms with van der Waals surface area (Å²) in [4.78, 5) is 11.5. The number of hydrogen-bond acceptors (Lipinski definition) is 4. The van der Waals surface area contributed by atoms with E-state index < -0.39 is 10.0 Å². The maximum Gasteiger partial charge on any atom is 0.222 e. The predicted molar refractivity (Wildman–Crippen MR) is 77.9 cm³/mol. The van der Waals surface area contributed by atoms with E-state index in [9.17, 15) is 13.2 Å². The van der Waals surface area contributed by atoms with Gasteiger partial charge in [-0.25, -0.2) is 8.42 Å². The number of carbonyl (C=O) groups is 1. The molecule has 1 heterocycles. The van der Waals surface area contributed by atoms with Gasteiger partial charge in [-0.15, -0.1) is 0 Å². The van der Waals surface area contributed by atoms with Crippen LogP contribution in [0, 0.1) is 0 Å². The van der Waals surface area contributed by atoms with Crippen molar-refractivity contribution in [1.29, 1.82) is 0 Å². The molecule has 0 unspecified atom stereocenters. The minimum Gasteiger partial charge on any atom is -0.381 e. The van der Waals surface area contributed by atoms with Gasteiger partial charge in [-0.3, -0.25) is 4.79 Å². The fourth-order valence-electron chi connectivity index (χ4n) is 2.47. The van der Waals surface area contributed by atoms with Gasteiger partial charge < -0.3 is 10.1 Å². The fourth-order valence-corrected chi connectivity index (χ4v) is 3.69. The normalized spacial score (nSPS) is 20.8. The smallest absolute Gasteiger partial charge is 0.222 e. The maximum absolute atomic E-state index is 11.7. The highest BCUT2D eigenvalue weighted by atomic mass is 32.2. The molecule has 20 heavy (non-hydrogen) atoms. The van der Waals surface area contributed by atoms with Gasteiger partial charge in [0.05, 0.1) is 12.9 Å². The zero-order chi connectivity index (χ0) is 15.0. The van der Waals surface area contributed by atoms with Crippen LogP contribution in [-0.2, 0) is 19.6 Å². The Morgan fingerprint density at radius 2 is 2.15 bits per heavy atom. The summed E-state index contributed by atoms with van der Waals surface area (Å²) in [7, 11) is -3.14. The average molecular weight is 306 g/mol. The van der Waals surface area contributed by atoms with E-state index in [2.05, 4.69) is 5.32 Å². The van der Waals surface area contributed by atoms with Crippen LogP contribution >= 0.6 is 0 Å². The lowest BCUT2D eigenvalue weighted by Crippen LogP contribution is -2.44. The summed E-state index contributed by atoms with van der Waals surface area (Å²) in [6.07, 6.45) is 5.13. The monoisotopic (exact) mass is 306 g/mol. The van der Waals surface area contributed by atoms with Crippen molar-refractivity contribution in [3.05, 3.63) is 0 Å². The van der Waals surface area contributed by atoms with Gasteiger partial charge in [0.2, 0.25) is 15.9 Å². The highest BCUT2D eigenvalue weighted by Crippen LogP contribution is 2.21. The quantitative estimate of drug-likeness (QED) is 0.671. The van der Waals surface area contributed by atoms with Crippen molar-refractivity contribution in [3.8, 4) is 0 Å². The number of rotatable bonds is 8. The number of nitrogens with one attached hydrogen (secondary N) is 1. The van der Waals surface area contributed by atoms with Crippen molar-refractivity contribution in [2.75, 3.05) is 32.6 Å². The molecule has 1 amide bonds. The molecule has 1 atom stereocenters. The molecule has 1 fully saturated rings. The van der Waals surface area contributed by atoms with Gasteiger partial charge in [0, 0.05) is 32.2 Å². The van der Waals surface area contributed by atoms with Crippen LogP contribution in [0.4, 0.5) is 0 Å². The Morgan fingerprint density at radius 3 is 2.80 bits per heavy atom. The molecule has 1 aliphatic rings. The molecule has 1 N–H and O–H groups in total. The minimum absolute atomic E-state index is 0.0194. The van der Waals surface area contributed by atoms with Gasteiger partial charge in [0.25, 0.3) is 0 Å². The summed E-state index contributed by atoms with van der Waals surface area (Å²) in [5.41, 5.74) is 0. The van der Waals surface area contributed by atoms with Crippen molar-refractivity contribution in [2.45, 2.75) is 45.1 Å². The Balaban J connectivity index is 2.30. The van der Waals surface area contributed by atoms with Crippen LogP contribution in [0.3, 0.4) is 0 Å². The number of hydrogen-bond donors (Lipinski definition) is 1. The fraction of sp³-hybridized carbons (Fsp3) is 0.923. The minimum atomic E-state index is -3.14. The van der Waals surface area contributed by atoms with Gasteiger partial charge in [0.1, 0.15) is 0 Å². The van der Waals surface area contributed by atoms with Gasteiger partial charge in [-0.2, -0.15) is 4.31 Å². The number of nitrogens with zero attached hydrogens (tertiary/aromatic N) is 1. The van der Waals surface area contributed by atoms with Gasteiger partial charge in [-0.05, 0) is 26.2 Å². The lowest BCUT2D eigenvalue weighted by molar-refractivity contribution is -0.122. The summed E-state index contributed by atoms with van der Waals surface area (Å²) < 4.78 is 30.1. The van der Waals surface area contributed by atoms with Crippen LogP contribution in [-0.4, -0.2) is 57.2 Å². The third kappa shape index (κ3) is 6.19. The molecule has 0 aromatic rings. The standard InChI is InChI=1S/C13H26N2O4S/c1-3-19-11-8-13(16)14-9-7-12-6-4-5-10-15(12)20(2,17)18/h12H,3-11H2,1-2H3,(H,14,16)/t12-/m1/s1. The molecule has 0 bridgehead atoms. The lowest BCUT2D eigenvalue weighted by atomic mass is 10.0. The highest BCUT2D eigenvalue weighted by molar-refractivity contribution is 7.88. The SMILES string of the molecule is CCOCCC(=O)NCC[C@H]1CCCCN1S(C)(=O)=O. The van der Waals surface area contributed by atoms with Gasteiger partial charge >= 0.3 is 0 Å².